The van der Waals surface area contributed by atoms with Gasteiger partial charge in [0, 0.05) is 11.3 Å². The van der Waals surface area contributed by atoms with E-state index >= 15 is 0 Å². The number of anilines is 1. The maximum atomic E-state index is 12.3. The van der Waals surface area contributed by atoms with Crippen molar-refractivity contribution >= 4 is 21.7 Å². The lowest BCUT2D eigenvalue weighted by Gasteiger charge is -2.09. The van der Waals surface area contributed by atoms with Gasteiger partial charge in [0.15, 0.2) is 0 Å². The molecule has 3 aromatic carbocycles. The van der Waals surface area contributed by atoms with E-state index in [4.69, 9.17) is 9.44 Å². The molecular formula is C20H14N2O4S. The number of hydrogen-bond donors (Lipinski definition) is 1. The summed E-state index contributed by atoms with van der Waals surface area (Å²) >= 11 is 0. The van der Waals surface area contributed by atoms with Crippen LogP contribution < -0.4 is 9.50 Å². The van der Waals surface area contributed by atoms with Gasteiger partial charge in [-0.3, -0.25) is 4.79 Å². The average molecular weight is 378 g/mol. The first-order valence-corrected chi connectivity index (χ1v) is 9.30. The number of benzene rings is 3. The normalized spacial score (nSPS) is 10.6. The molecule has 3 aromatic rings. The summed E-state index contributed by atoms with van der Waals surface area (Å²) in [7, 11) is -4.06. The molecule has 0 radical (unpaired) electrons. The van der Waals surface area contributed by atoms with Gasteiger partial charge < -0.3 is 9.50 Å². The molecule has 0 bridgehead atoms. The van der Waals surface area contributed by atoms with Crippen molar-refractivity contribution in [3.05, 3.63) is 90.0 Å². The largest absolute Gasteiger partial charge is 0.379 e. The number of rotatable bonds is 5. The second kappa shape index (κ2) is 7.72. The van der Waals surface area contributed by atoms with Gasteiger partial charge in [-0.05, 0) is 54.6 Å². The van der Waals surface area contributed by atoms with Crippen molar-refractivity contribution in [2.45, 2.75) is 4.90 Å². The summed E-state index contributed by atoms with van der Waals surface area (Å²) in [6.45, 7) is 0. The number of nitrogens with one attached hydrogen (secondary N) is 1. The van der Waals surface area contributed by atoms with E-state index in [0.717, 1.165) is 0 Å². The quantitative estimate of drug-likeness (QED) is 0.685. The molecule has 0 atom stereocenters. The van der Waals surface area contributed by atoms with E-state index in [1.54, 1.807) is 24.3 Å². The fourth-order valence-corrected chi connectivity index (χ4v) is 3.26. The zero-order valence-electron chi connectivity index (χ0n) is 14.0. The fourth-order valence-electron chi connectivity index (χ4n) is 2.28. The topological polar surface area (TPSA) is 96.3 Å². The van der Waals surface area contributed by atoms with Crippen LogP contribution in [-0.2, 0) is 10.1 Å². The van der Waals surface area contributed by atoms with E-state index in [9.17, 15) is 13.2 Å². The SMILES string of the molecule is N#Cc1cccc(S(=O)(=O)Oc2ccc(NC(=O)c3ccccc3)cc2)c1. The van der Waals surface area contributed by atoms with Gasteiger partial charge in [0.1, 0.15) is 10.6 Å². The summed E-state index contributed by atoms with van der Waals surface area (Å²) in [6, 6.07) is 22.1. The molecule has 0 aliphatic rings. The molecular weight excluding hydrogens is 364 g/mol. The molecule has 0 fully saturated rings. The highest BCUT2D eigenvalue weighted by Crippen LogP contribution is 2.21. The van der Waals surface area contributed by atoms with Crippen LogP contribution in [0, 0.1) is 11.3 Å². The number of nitrogens with zero attached hydrogens (tertiary/aromatic N) is 1. The van der Waals surface area contributed by atoms with Crippen LogP contribution in [0.1, 0.15) is 15.9 Å². The lowest BCUT2D eigenvalue weighted by molar-refractivity contribution is 0.102. The predicted octanol–water partition coefficient (Wildman–Crippen LogP) is 3.58. The summed E-state index contributed by atoms with van der Waals surface area (Å²) < 4.78 is 29.7. The molecule has 27 heavy (non-hydrogen) atoms. The summed E-state index contributed by atoms with van der Waals surface area (Å²) in [5.74, 6) is -0.180. The Morgan fingerprint density at radius 2 is 1.63 bits per heavy atom. The Kier molecular flexibility index (Phi) is 5.20. The van der Waals surface area contributed by atoms with Gasteiger partial charge in [-0.1, -0.05) is 24.3 Å². The number of carbonyl (C=O) groups is 1. The number of carbonyl (C=O) groups excluding carboxylic acids is 1. The molecule has 0 saturated heterocycles. The van der Waals surface area contributed by atoms with Crippen molar-refractivity contribution in [2.75, 3.05) is 5.32 Å². The number of nitriles is 1. The van der Waals surface area contributed by atoms with Gasteiger partial charge in [0.05, 0.1) is 11.6 Å². The van der Waals surface area contributed by atoms with Crippen LogP contribution in [0.4, 0.5) is 5.69 Å². The van der Waals surface area contributed by atoms with E-state index in [2.05, 4.69) is 5.32 Å². The Bertz CT molecular complexity index is 1100. The molecule has 7 heteroatoms. The van der Waals surface area contributed by atoms with Crippen molar-refractivity contribution in [3.8, 4) is 11.8 Å². The molecule has 0 unspecified atom stereocenters. The van der Waals surface area contributed by atoms with Crippen LogP contribution in [0.5, 0.6) is 5.75 Å². The maximum absolute atomic E-state index is 12.3. The second-order valence-electron chi connectivity index (χ2n) is 5.52. The fraction of sp³-hybridized carbons (Fsp3) is 0. The minimum Gasteiger partial charge on any atom is -0.379 e. The Morgan fingerprint density at radius 3 is 2.30 bits per heavy atom. The second-order valence-corrected chi connectivity index (χ2v) is 7.07. The van der Waals surface area contributed by atoms with Gasteiger partial charge in [0.2, 0.25) is 0 Å². The molecule has 0 saturated carbocycles. The average Bonchev–Trinajstić information content (AvgIpc) is 2.70. The molecule has 3 rings (SSSR count). The van der Waals surface area contributed by atoms with Gasteiger partial charge in [-0.2, -0.15) is 13.7 Å². The van der Waals surface area contributed by atoms with E-state index in [1.807, 2.05) is 12.1 Å². The summed E-state index contributed by atoms with van der Waals surface area (Å²) in [5.41, 5.74) is 1.23. The first-order valence-electron chi connectivity index (χ1n) is 7.89. The number of amides is 1. The molecule has 134 valence electrons. The zero-order valence-corrected chi connectivity index (χ0v) is 14.8. The molecule has 6 nitrogen and oxygen atoms in total. The third-order valence-electron chi connectivity index (χ3n) is 3.61. The zero-order chi connectivity index (χ0) is 19.3. The molecule has 0 aliphatic heterocycles. The van der Waals surface area contributed by atoms with Crippen LogP contribution in [-0.4, -0.2) is 14.3 Å². The predicted molar refractivity (Wildman–Crippen MR) is 99.8 cm³/mol. The van der Waals surface area contributed by atoms with E-state index in [-0.39, 0.29) is 22.1 Å². The summed E-state index contributed by atoms with van der Waals surface area (Å²) in [5, 5.41) is 11.6. The summed E-state index contributed by atoms with van der Waals surface area (Å²) in [4.78, 5) is 12.0. The van der Waals surface area contributed by atoms with Crippen molar-refractivity contribution < 1.29 is 17.4 Å². The van der Waals surface area contributed by atoms with Crippen LogP contribution in [0.15, 0.2) is 83.8 Å². The highest BCUT2D eigenvalue weighted by atomic mass is 32.2. The molecule has 0 spiro atoms. The Labute approximate surface area is 156 Å². The maximum Gasteiger partial charge on any atom is 0.339 e. The van der Waals surface area contributed by atoms with Crippen LogP contribution in [0.3, 0.4) is 0 Å². The van der Waals surface area contributed by atoms with Crippen molar-refractivity contribution in [2.24, 2.45) is 0 Å². The summed E-state index contributed by atoms with van der Waals surface area (Å²) in [6.07, 6.45) is 0. The minimum absolute atomic E-state index is 0.0927. The van der Waals surface area contributed by atoms with Crippen molar-refractivity contribution in [1.29, 1.82) is 5.26 Å². The van der Waals surface area contributed by atoms with Gasteiger partial charge in [0.25, 0.3) is 5.91 Å². The third kappa shape index (κ3) is 4.51. The Hall–Kier alpha value is -3.63. The molecule has 1 amide bonds. The first kappa shape index (κ1) is 18.2. The Balaban J connectivity index is 1.72. The molecule has 0 aliphatic carbocycles. The highest BCUT2D eigenvalue weighted by Gasteiger charge is 2.17. The third-order valence-corrected chi connectivity index (χ3v) is 4.85. The van der Waals surface area contributed by atoms with E-state index < -0.39 is 10.1 Å². The van der Waals surface area contributed by atoms with Crippen molar-refractivity contribution in [3.63, 3.8) is 0 Å². The molecule has 0 aromatic heterocycles. The smallest absolute Gasteiger partial charge is 0.339 e. The first-order chi connectivity index (χ1) is 13.0. The lowest BCUT2D eigenvalue weighted by Crippen LogP contribution is -2.12. The van der Waals surface area contributed by atoms with Crippen LogP contribution >= 0.6 is 0 Å². The van der Waals surface area contributed by atoms with Crippen LogP contribution in [0.25, 0.3) is 0 Å². The number of hydrogen-bond acceptors (Lipinski definition) is 5. The standard InChI is InChI=1S/C20H14N2O4S/c21-14-15-5-4-8-19(13-15)27(24,25)26-18-11-9-17(10-12-18)22-20(23)16-6-2-1-3-7-16/h1-13H,(H,22,23). The van der Waals surface area contributed by atoms with Gasteiger partial charge >= 0.3 is 10.1 Å². The lowest BCUT2D eigenvalue weighted by atomic mass is 10.2. The minimum atomic E-state index is -4.06. The van der Waals surface area contributed by atoms with Crippen LogP contribution in [0.2, 0.25) is 0 Å². The van der Waals surface area contributed by atoms with Crippen molar-refractivity contribution in [1.82, 2.24) is 0 Å². The molecule has 1 N–H and O–H groups in total. The molecule has 0 heterocycles. The van der Waals surface area contributed by atoms with Gasteiger partial charge in [-0.15, -0.1) is 0 Å². The van der Waals surface area contributed by atoms with E-state index in [0.29, 0.717) is 11.3 Å². The van der Waals surface area contributed by atoms with E-state index in [1.165, 1.54) is 48.5 Å². The highest BCUT2D eigenvalue weighted by molar-refractivity contribution is 7.87. The Morgan fingerprint density at radius 1 is 0.926 bits per heavy atom. The monoisotopic (exact) mass is 378 g/mol. The van der Waals surface area contributed by atoms with Gasteiger partial charge in [-0.25, -0.2) is 0 Å².